The van der Waals surface area contributed by atoms with Gasteiger partial charge in [-0.3, -0.25) is 9.78 Å². The van der Waals surface area contributed by atoms with Crippen LogP contribution in [0.15, 0.2) is 24.4 Å². The van der Waals surface area contributed by atoms with Crippen molar-refractivity contribution in [2.45, 2.75) is 19.4 Å². The van der Waals surface area contributed by atoms with Crippen LogP contribution in [0.4, 0.5) is 0 Å². The van der Waals surface area contributed by atoms with E-state index in [2.05, 4.69) is 4.98 Å². The summed E-state index contributed by atoms with van der Waals surface area (Å²) in [5.74, 6) is 0.0567. The summed E-state index contributed by atoms with van der Waals surface area (Å²) in [6.07, 6.45) is 1.68. The Morgan fingerprint density at radius 2 is 2.38 bits per heavy atom. The number of Topliss-reactive ketones (excluding diaryl/α,β-unsaturated/α-hetero) is 1. The van der Waals surface area contributed by atoms with Crippen molar-refractivity contribution >= 4 is 5.78 Å². The third-order valence-electron chi connectivity index (χ3n) is 1.89. The molecule has 0 spiro atoms. The molecule has 1 atom stereocenters. The SMILES string of the molecule is COC(C)C(=O)Cc1ccccn1. The summed E-state index contributed by atoms with van der Waals surface area (Å²) in [5, 5.41) is 0. The number of carbonyl (C=O) groups is 1. The van der Waals surface area contributed by atoms with Crippen LogP contribution < -0.4 is 0 Å². The van der Waals surface area contributed by atoms with Crippen LogP contribution in [-0.2, 0) is 16.0 Å². The highest BCUT2D eigenvalue weighted by molar-refractivity contribution is 5.84. The summed E-state index contributed by atoms with van der Waals surface area (Å²) >= 11 is 0. The molecule has 1 heterocycles. The van der Waals surface area contributed by atoms with Crippen molar-refractivity contribution in [1.82, 2.24) is 4.98 Å². The maximum atomic E-state index is 11.4. The molecule has 0 fully saturated rings. The number of pyridine rings is 1. The molecular formula is C10H13NO2. The summed E-state index contributed by atoms with van der Waals surface area (Å²) in [6.45, 7) is 1.74. The molecular weight excluding hydrogens is 166 g/mol. The van der Waals surface area contributed by atoms with Crippen molar-refractivity contribution in [2.24, 2.45) is 0 Å². The van der Waals surface area contributed by atoms with E-state index in [9.17, 15) is 4.79 Å². The monoisotopic (exact) mass is 179 g/mol. The highest BCUT2D eigenvalue weighted by Gasteiger charge is 2.12. The Morgan fingerprint density at radius 1 is 1.62 bits per heavy atom. The summed E-state index contributed by atoms with van der Waals surface area (Å²) in [5.41, 5.74) is 0.788. The molecule has 1 aromatic heterocycles. The normalized spacial score (nSPS) is 12.5. The second-order valence-electron chi connectivity index (χ2n) is 2.84. The first-order chi connectivity index (χ1) is 6.24. The molecule has 0 aliphatic heterocycles. The van der Waals surface area contributed by atoms with E-state index in [0.29, 0.717) is 6.42 Å². The van der Waals surface area contributed by atoms with E-state index in [-0.39, 0.29) is 11.9 Å². The standard InChI is InChI=1S/C10H13NO2/c1-8(13-2)10(12)7-9-5-3-4-6-11-9/h3-6,8H,7H2,1-2H3. The Hall–Kier alpha value is -1.22. The molecule has 0 bridgehead atoms. The van der Waals surface area contributed by atoms with Crippen LogP contribution in [0.25, 0.3) is 0 Å². The van der Waals surface area contributed by atoms with Gasteiger partial charge in [0.2, 0.25) is 0 Å². The smallest absolute Gasteiger partial charge is 0.167 e. The average Bonchev–Trinajstić information content (AvgIpc) is 2.18. The third-order valence-corrected chi connectivity index (χ3v) is 1.89. The third kappa shape index (κ3) is 2.95. The maximum absolute atomic E-state index is 11.4. The highest BCUT2D eigenvalue weighted by Crippen LogP contribution is 1.99. The molecule has 13 heavy (non-hydrogen) atoms. The molecule has 0 aromatic carbocycles. The summed E-state index contributed by atoms with van der Waals surface area (Å²) in [7, 11) is 1.53. The van der Waals surface area contributed by atoms with Gasteiger partial charge in [-0.1, -0.05) is 6.07 Å². The van der Waals surface area contributed by atoms with Crippen LogP contribution in [0.3, 0.4) is 0 Å². The van der Waals surface area contributed by atoms with Gasteiger partial charge < -0.3 is 4.74 Å². The number of methoxy groups -OCH3 is 1. The van der Waals surface area contributed by atoms with Gasteiger partial charge in [0.05, 0.1) is 6.42 Å². The molecule has 3 heteroatoms. The van der Waals surface area contributed by atoms with Crippen molar-refractivity contribution in [1.29, 1.82) is 0 Å². The number of ether oxygens (including phenoxy) is 1. The second-order valence-corrected chi connectivity index (χ2v) is 2.84. The number of nitrogens with zero attached hydrogens (tertiary/aromatic N) is 1. The molecule has 1 unspecified atom stereocenters. The fourth-order valence-electron chi connectivity index (χ4n) is 0.956. The molecule has 0 saturated carbocycles. The lowest BCUT2D eigenvalue weighted by Gasteiger charge is -2.06. The summed E-state index contributed by atoms with van der Waals surface area (Å²) in [4.78, 5) is 15.4. The lowest BCUT2D eigenvalue weighted by atomic mass is 10.1. The van der Waals surface area contributed by atoms with Crippen molar-refractivity contribution < 1.29 is 9.53 Å². The number of ketones is 1. The number of hydrogen-bond acceptors (Lipinski definition) is 3. The van der Waals surface area contributed by atoms with Crippen LogP contribution in [0, 0.1) is 0 Å². The van der Waals surface area contributed by atoms with Gasteiger partial charge >= 0.3 is 0 Å². The van der Waals surface area contributed by atoms with Crippen molar-refractivity contribution in [3.05, 3.63) is 30.1 Å². The predicted molar refractivity (Wildman–Crippen MR) is 49.4 cm³/mol. The van der Waals surface area contributed by atoms with Crippen LogP contribution in [-0.4, -0.2) is 24.0 Å². The van der Waals surface area contributed by atoms with Crippen molar-refractivity contribution in [3.8, 4) is 0 Å². The molecule has 0 saturated heterocycles. The van der Waals surface area contributed by atoms with Gasteiger partial charge in [0.25, 0.3) is 0 Å². The fraction of sp³-hybridized carbons (Fsp3) is 0.400. The van der Waals surface area contributed by atoms with E-state index in [4.69, 9.17) is 4.74 Å². The summed E-state index contributed by atoms with van der Waals surface area (Å²) in [6, 6.07) is 5.53. The molecule has 70 valence electrons. The number of aromatic nitrogens is 1. The van der Waals surface area contributed by atoms with Gasteiger partial charge in [-0.25, -0.2) is 0 Å². The van der Waals surface area contributed by atoms with Crippen LogP contribution >= 0.6 is 0 Å². The number of rotatable bonds is 4. The molecule has 1 aromatic rings. The lowest BCUT2D eigenvalue weighted by molar-refractivity contribution is -0.127. The minimum atomic E-state index is -0.345. The topological polar surface area (TPSA) is 39.2 Å². The first-order valence-electron chi connectivity index (χ1n) is 4.19. The predicted octanol–water partition coefficient (Wildman–Crippen LogP) is 1.23. The molecule has 0 aliphatic carbocycles. The van der Waals surface area contributed by atoms with Crippen molar-refractivity contribution in [3.63, 3.8) is 0 Å². The van der Waals surface area contributed by atoms with Crippen molar-refractivity contribution in [2.75, 3.05) is 7.11 Å². The van der Waals surface area contributed by atoms with E-state index in [1.807, 2.05) is 18.2 Å². The van der Waals surface area contributed by atoms with E-state index < -0.39 is 0 Å². The van der Waals surface area contributed by atoms with E-state index in [1.165, 1.54) is 7.11 Å². The Kier molecular flexibility index (Phi) is 3.58. The molecule has 3 nitrogen and oxygen atoms in total. The van der Waals surface area contributed by atoms with Gasteiger partial charge in [0, 0.05) is 19.0 Å². The molecule has 0 aliphatic rings. The quantitative estimate of drug-likeness (QED) is 0.697. The zero-order valence-corrected chi connectivity index (χ0v) is 7.86. The molecule has 0 N–H and O–H groups in total. The Morgan fingerprint density at radius 3 is 2.92 bits per heavy atom. The zero-order valence-electron chi connectivity index (χ0n) is 7.86. The van der Waals surface area contributed by atoms with Crippen LogP contribution in [0.5, 0.6) is 0 Å². The van der Waals surface area contributed by atoms with E-state index >= 15 is 0 Å². The lowest BCUT2D eigenvalue weighted by Crippen LogP contribution is -2.21. The number of hydrogen-bond donors (Lipinski definition) is 0. The summed E-state index contributed by atoms with van der Waals surface area (Å²) < 4.78 is 4.91. The second kappa shape index (κ2) is 4.72. The highest BCUT2D eigenvalue weighted by atomic mass is 16.5. The first-order valence-corrected chi connectivity index (χ1v) is 4.19. The minimum absolute atomic E-state index is 0.0567. The van der Waals surface area contributed by atoms with Gasteiger partial charge in [-0.2, -0.15) is 0 Å². The Labute approximate surface area is 77.8 Å². The fourth-order valence-corrected chi connectivity index (χ4v) is 0.956. The Balaban J connectivity index is 2.55. The van der Waals surface area contributed by atoms with E-state index in [0.717, 1.165) is 5.69 Å². The first kappa shape index (κ1) is 9.86. The maximum Gasteiger partial charge on any atom is 0.167 e. The molecule has 0 amide bonds. The van der Waals surface area contributed by atoms with Gasteiger partial charge in [0.15, 0.2) is 5.78 Å². The van der Waals surface area contributed by atoms with Gasteiger partial charge in [0.1, 0.15) is 6.10 Å². The molecule has 0 radical (unpaired) electrons. The van der Waals surface area contributed by atoms with Gasteiger partial charge in [-0.15, -0.1) is 0 Å². The van der Waals surface area contributed by atoms with Gasteiger partial charge in [-0.05, 0) is 19.1 Å². The van der Waals surface area contributed by atoms with Crippen LogP contribution in [0.1, 0.15) is 12.6 Å². The Bertz CT molecular complexity index is 272. The molecule has 1 rings (SSSR count). The largest absolute Gasteiger partial charge is 0.374 e. The average molecular weight is 179 g/mol. The van der Waals surface area contributed by atoms with E-state index in [1.54, 1.807) is 13.1 Å². The number of carbonyl (C=O) groups excluding carboxylic acids is 1. The van der Waals surface area contributed by atoms with Crippen LogP contribution in [0.2, 0.25) is 0 Å². The minimum Gasteiger partial charge on any atom is -0.374 e. The zero-order chi connectivity index (χ0) is 9.68.